The highest BCUT2D eigenvalue weighted by Crippen LogP contribution is 2.23. The Morgan fingerprint density at radius 1 is 1.44 bits per heavy atom. The third-order valence-electron chi connectivity index (χ3n) is 3.87. The summed E-state index contributed by atoms with van der Waals surface area (Å²) < 4.78 is 5.53. The Bertz CT molecular complexity index is 354. The minimum absolute atomic E-state index is 0.00690. The Labute approximate surface area is 108 Å². The highest BCUT2D eigenvalue weighted by Gasteiger charge is 2.38. The van der Waals surface area contributed by atoms with Crippen molar-refractivity contribution >= 4 is 11.8 Å². The summed E-state index contributed by atoms with van der Waals surface area (Å²) in [4.78, 5) is 25.8. The summed E-state index contributed by atoms with van der Waals surface area (Å²) in [5.74, 6) is 0.344. The Balaban J connectivity index is 2.06. The topological polar surface area (TPSA) is 58.6 Å². The number of ether oxygens (including phenoxy) is 1. The van der Waals surface area contributed by atoms with E-state index in [9.17, 15) is 9.59 Å². The fourth-order valence-corrected chi connectivity index (χ4v) is 2.67. The van der Waals surface area contributed by atoms with Crippen LogP contribution in [0.2, 0.25) is 0 Å². The normalized spacial score (nSPS) is 32.3. The summed E-state index contributed by atoms with van der Waals surface area (Å²) in [6.07, 6.45) is 1.58. The van der Waals surface area contributed by atoms with Crippen molar-refractivity contribution in [3.63, 3.8) is 0 Å². The molecule has 2 aliphatic rings. The van der Waals surface area contributed by atoms with Gasteiger partial charge in [-0.25, -0.2) is 0 Å². The molecule has 5 heteroatoms. The minimum atomic E-state index is -0.795. The van der Waals surface area contributed by atoms with E-state index in [0.717, 1.165) is 13.0 Å². The molecule has 0 spiro atoms. The third-order valence-corrected chi connectivity index (χ3v) is 3.87. The van der Waals surface area contributed by atoms with Crippen LogP contribution in [0.3, 0.4) is 0 Å². The van der Waals surface area contributed by atoms with Gasteiger partial charge in [0.05, 0.1) is 6.10 Å². The van der Waals surface area contributed by atoms with Crippen molar-refractivity contribution in [3.05, 3.63) is 0 Å². The Kier molecular flexibility index (Phi) is 3.61. The number of nitrogens with one attached hydrogen (secondary N) is 1. The standard InChI is InChI=1S/C13H22N2O3/c1-9-10(5-7-18-9)8-15-6-4-11(16)14-13(2,3)12(15)17/h9-10H,4-8H2,1-3H3,(H,14,16). The van der Waals surface area contributed by atoms with E-state index in [-0.39, 0.29) is 17.9 Å². The second-order valence-electron chi connectivity index (χ2n) is 5.80. The molecule has 5 nitrogen and oxygen atoms in total. The van der Waals surface area contributed by atoms with E-state index in [4.69, 9.17) is 4.74 Å². The van der Waals surface area contributed by atoms with Gasteiger partial charge < -0.3 is 15.0 Å². The molecule has 2 unspecified atom stereocenters. The van der Waals surface area contributed by atoms with Gasteiger partial charge in [0.25, 0.3) is 0 Å². The van der Waals surface area contributed by atoms with Crippen LogP contribution in [-0.4, -0.2) is 48.1 Å². The molecule has 0 aromatic rings. The van der Waals surface area contributed by atoms with Crippen LogP contribution in [0, 0.1) is 5.92 Å². The first-order valence-corrected chi connectivity index (χ1v) is 6.62. The number of carbonyl (C=O) groups is 2. The zero-order valence-corrected chi connectivity index (χ0v) is 11.4. The van der Waals surface area contributed by atoms with Crippen LogP contribution in [0.5, 0.6) is 0 Å². The average Bonchev–Trinajstić information content (AvgIpc) is 2.64. The molecule has 2 aliphatic heterocycles. The van der Waals surface area contributed by atoms with Crippen molar-refractivity contribution < 1.29 is 14.3 Å². The van der Waals surface area contributed by atoms with Gasteiger partial charge in [-0.1, -0.05) is 0 Å². The van der Waals surface area contributed by atoms with Crippen LogP contribution in [-0.2, 0) is 14.3 Å². The fraction of sp³-hybridized carbons (Fsp3) is 0.846. The first-order chi connectivity index (χ1) is 8.40. The molecule has 2 heterocycles. The SMILES string of the molecule is CC1OCCC1CN1CCC(=O)NC(C)(C)C1=O. The molecule has 0 radical (unpaired) electrons. The molecule has 18 heavy (non-hydrogen) atoms. The molecule has 0 bridgehead atoms. The minimum Gasteiger partial charge on any atom is -0.378 e. The molecular formula is C13H22N2O3. The molecule has 2 fully saturated rings. The lowest BCUT2D eigenvalue weighted by atomic mass is 9.99. The zero-order chi connectivity index (χ0) is 13.3. The van der Waals surface area contributed by atoms with Crippen LogP contribution in [0.4, 0.5) is 0 Å². The number of nitrogens with zero attached hydrogens (tertiary/aromatic N) is 1. The summed E-state index contributed by atoms with van der Waals surface area (Å²) in [6, 6.07) is 0. The Hall–Kier alpha value is -1.10. The molecule has 0 aliphatic carbocycles. The third kappa shape index (κ3) is 2.66. The Morgan fingerprint density at radius 2 is 2.17 bits per heavy atom. The lowest BCUT2D eigenvalue weighted by molar-refractivity contribution is -0.138. The molecule has 2 atom stereocenters. The predicted octanol–water partition coefficient (Wildman–Crippen LogP) is 0.538. The second-order valence-corrected chi connectivity index (χ2v) is 5.80. The molecule has 2 rings (SSSR count). The maximum absolute atomic E-state index is 12.4. The number of hydrogen-bond acceptors (Lipinski definition) is 3. The van der Waals surface area contributed by atoms with Crippen LogP contribution in [0.15, 0.2) is 0 Å². The van der Waals surface area contributed by atoms with Crippen molar-refractivity contribution in [1.82, 2.24) is 10.2 Å². The number of amides is 2. The van der Waals surface area contributed by atoms with E-state index in [2.05, 4.69) is 12.2 Å². The first-order valence-electron chi connectivity index (χ1n) is 6.62. The van der Waals surface area contributed by atoms with Crippen molar-refractivity contribution in [2.45, 2.75) is 45.3 Å². The molecule has 0 aromatic carbocycles. The summed E-state index contributed by atoms with van der Waals surface area (Å²) in [7, 11) is 0. The van der Waals surface area contributed by atoms with Gasteiger partial charge >= 0.3 is 0 Å². The molecule has 0 saturated carbocycles. The zero-order valence-electron chi connectivity index (χ0n) is 11.4. The van der Waals surface area contributed by atoms with Gasteiger partial charge in [-0.3, -0.25) is 9.59 Å². The summed E-state index contributed by atoms with van der Waals surface area (Å²) in [6.45, 7) is 7.55. The quantitative estimate of drug-likeness (QED) is 0.782. The summed E-state index contributed by atoms with van der Waals surface area (Å²) in [5.41, 5.74) is -0.795. The first kappa shape index (κ1) is 13.3. The van der Waals surface area contributed by atoms with E-state index in [1.807, 2.05) is 4.90 Å². The van der Waals surface area contributed by atoms with Gasteiger partial charge in [-0.05, 0) is 27.2 Å². The fourth-order valence-electron chi connectivity index (χ4n) is 2.67. The van der Waals surface area contributed by atoms with Crippen molar-refractivity contribution in [1.29, 1.82) is 0 Å². The molecule has 2 saturated heterocycles. The largest absolute Gasteiger partial charge is 0.378 e. The molecule has 0 aromatic heterocycles. The van der Waals surface area contributed by atoms with Crippen molar-refractivity contribution in [2.75, 3.05) is 19.7 Å². The smallest absolute Gasteiger partial charge is 0.247 e. The van der Waals surface area contributed by atoms with Gasteiger partial charge in [0.15, 0.2) is 0 Å². The van der Waals surface area contributed by atoms with E-state index in [1.54, 1.807) is 13.8 Å². The van der Waals surface area contributed by atoms with Gasteiger partial charge in [0, 0.05) is 32.0 Å². The van der Waals surface area contributed by atoms with E-state index >= 15 is 0 Å². The number of hydrogen-bond donors (Lipinski definition) is 1. The summed E-state index contributed by atoms with van der Waals surface area (Å²) in [5, 5.41) is 2.77. The summed E-state index contributed by atoms with van der Waals surface area (Å²) >= 11 is 0. The average molecular weight is 254 g/mol. The van der Waals surface area contributed by atoms with Gasteiger partial charge in [-0.15, -0.1) is 0 Å². The van der Waals surface area contributed by atoms with Gasteiger partial charge in [-0.2, -0.15) is 0 Å². The van der Waals surface area contributed by atoms with Crippen LogP contribution >= 0.6 is 0 Å². The highest BCUT2D eigenvalue weighted by atomic mass is 16.5. The number of carbonyl (C=O) groups excluding carboxylic acids is 2. The van der Waals surface area contributed by atoms with Crippen LogP contribution < -0.4 is 5.32 Å². The molecule has 102 valence electrons. The monoisotopic (exact) mass is 254 g/mol. The van der Waals surface area contributed by atoms with Crippen LogP contribution in [0.1, 0.15) is 33.6 Å². The lowest BCUT2D eigenvalue weighted by Crippen LogP contribution is -2.53. The lowest BCUT2D eigenvalue weighted by Gasteiger charge is -2.31. The molecule has 2 amide bonds. The predicted molar refractivity (Wildman–Crippen MR) is 66.9 cm³/mol. The second kappa shape index (κ2) is 4.88. The van der Waals surface area contributed by atoms with E-state index in [1.165, 1.54) is 0 Å². The van der Waals surface area contributed by atoms with E-state index < -0.39 is 5.54 Å². The van der Waals surface area contributed by atoms with Crippen molar-refractivity contribution in [2.24, 2.45) is 5.92 Å². The molecule has 1 N–H and O–H groups in total. The van der Waals surface area contributed by atoms with Gasteiger partial charge in [0.2, 0.25) is 11.8 Å². The highest BCUT2D eigenvalue weighted by molar-refractivity contribution is 5.92. The number of rotatable bonds is 2. The van der Waals surface area contributed by atoms with E-state index in [0.29, 0.717) is 25.4 Å². The Morgan fingerprint density at radius 3 is 2.78 bits per heavy atom. The van der Waals surface area contributed by atoms with Crippen molar-refractivity contribution in [3.8, 4) is 0 Å². The molecular weight excluding hydrogens is 232 g/mol. The maximum Gasteiger partial charge on any atom is 0.247 e. The maximum atomic E-state index is 12.4. The van der Waals surface area contributed by atoms with Gasteiger partial charge in [0.1, 0.15) is 5.54 Å². The van der Waals surface area contributed by atoms with Crippen LogP contribution in [0.25, 0.3) is 0 Å².